The monoisotopic (exact) mass is 249 g/mol. The minimum atomic E-state index is -0.980. The van der Waals surface area contributed by atoms with Gasteiger partial charge in [-0.25, -0.2) is 4.79 Å². The maximum Gasteiger partial charge on any atom is 0.330 e. The zero-order valence-electron chi connectivity index (χ0n) is 9.87. The van der Waals surface area contributed by atoms with E-state index in [-0.39, 0.29) is 5.91 Å². The van der Waals surface area contributed by atoms with E-state index in [1.54, 1.807) is 24.5 Å². The summed E-state index contributed by atoms with van der Waals surface area (Å²) in [6, 6.07) is -0.800. The number of hydrogen-bond donors (Lipinski definition) is 2. The molecular formula is C12H15N3O3. The fourth-order valence-electron chi connectivity index (χ4n) is 2.00. The molecule has 18 heavy (non-hydrogen) atoms. The lowest BCUT2D eigenvalue weighted by atomic mass is 10.1. The highest BCUT2D eigenvalue weighted by Gasteiger charge is 2.29. The largest absolute Gasteiger partial charge is 0.479 e. The van der Waals surface area contributed by atoms with E-state index >= 15 is 0 Å². The maximum absolute atomic E-state index is 11.9. The minimum Gasteiger partial charge on any atom is -0.479 e. The Labute approximate surface area is 104 Å². The first-order valence-electron chi connectivity index (χ1n) is 5.85. The molecule has 6 heteroatoms. The first-order chi connectivity index (χ1) is 8.68. The standard InChI is InChI=1S/C12H15N3O3/c16-11(5-1-3-9-7-13-14-8-9)15-6-2-4-10(15)12(17)18/h2,4,7-8,10H,1,3,5-6H2,(H,13,14)(H,17,18). The van der Waals surface area contributed by atoms with Gasteiger partial charge < -0.3 is 10.0 Å². The second-order valence-electron chi connectivity index (χ2n) is 4.22. The van der Waals surface area contributed by atoms with Crippen LogP contribution in [0.5, 0.6) is 0 Å². The third-order valence-corrected chi connectivity index (χ3v) is 2.94. The highest BCUT2D eigenvalue weighted by atomic mass is 16.4. The Morgan fingerprint density at radius 1 is 1.56 bits per heavy atom. The number of aromatic nitrogens is 2. The van der Waals surface area contributed by atoms with E-state index in [1.807, 2.05) is 0 Å². The Kier molecular flexibility index (Phi) is 3.76. The van der Waals surface area contributed by atoms with Crippen molar-refractivity contribution >= 4 is 11.9 Å². The molecule has 0 aromatic carbocycles. The summed E-state index contributed by atoms with van der Waals surface area (Å²) in [7, 11) is 0. The molecule has 1 aromatic rings. The van der Waals surface area contributed by atoms with Gasteiger partial charge >= 0.3 is 5.97 Å². The van der Waals surface area contributed by atoms with Gasteiger partial charge in [-0.05, 0) is 18.4 Å². The molecule has 2 heterocycles. The number of carbonyl (C=O) groups excluding carboxylic acids is 1. The molecule has 2 rings (SSSR count). The lowest BCUT2D eigenvalue weighted by Crippen LogP contribution is -2.40. The van der Waals surface area contributed by atoms with E-state index in [1.165, 1.54) is 4.90 Å². The number of amides is 1. The Morgan fingerprint density at radius 3 is 3.06 bits per heavy atom. The fraction of sp³-hybridized carbons (Fsp3) is 0.417. The van der Waals surface area contributed by atoms with Gasteiger partial charge in [-0.15, -0.1) is 0 Å². The van der Waals surface area contributed by atoms with Crippen molar-refractivity contribution in [3.05, 3.63) is 30.1 Å². The van der Waals surface area contributed by atoms with Crippen LogP contribution in [0.15, 0.2) is 24.5 Å². The van der Waals surface area contributed by atoms with Crippen molar-refractivity contribution in [2.45, 2.75) is 25.3 Å². The van der Waals surface area contributed by atoms with Gasteiger partial charge in [-0.1, -0.05) is 12.2 Å². The molecule has 0 fully saturated rings. The molecule has 0 aliphatic carbocycles. The smallest absolute Gasteiger partial charge is 0.330 e. The van der Waals surface area contributed by atoms with E-state index in [2.05, 4.69) is 10.2 Å². The molecule has 96 valence electrons. The highest BCUT2D eigenvalue weighted by Crippen LogP contribution is 2.13. The lowest BCUT2D eigenvalue weighted by molar-refractivity contribution is -0.147. The van der Waals surface area contributed by atoms with Crippen molar-refractivity contribution in [2.75, 3.05) is 6.54 Å². The van der Waals surface area contributed by atoms with Gasteiger partial charge in [-0.2, -0.15) is 5.10 Å². The van der Waals surface area contributed by atoms with Gasteiger partial charge in [0.2, 0.25) is 5.91 Å². The number of aliphatic carboxylic acids is 1. The third kappa shape index (κ3) is 2.77. The number of aromatic amines is 1. The van der Waals surface area contributed by atoms with Gasteiger partial charge in [0.15, 0.2) is 0 Å². The third-order valence-electron chi connectivity index (χ3n) is 2.94. The van der Waals surface area contributed by atoms with Crippen molar-refractivity contribution in [1.82, 2.24) is 15.1 Å². The average Bonchev–Trinajstić information content (AvgIpc) is 2.99. The SMILES string of the molecule is O=C(O)C1C=CCN1C(=O)CCCc1cn[nH]c1. The number of H-pyrrole nitrogens is 1. The number of carbonyl (C=O) groups is 2. The first kappa shape index (κ1) is 12.3. The number of aryl methyl sites for hydroxylation is 1. The van der Waals surface area contributed by atoms with Crippen LogP contribution in [0.3, 0.4) is 0 Å². The molecule has 1 aromatic heterocycles. The van der Waals surface area contributed by atoms with Crippen LogP contribution in [0.1, 0.15) is 18.4 Å². The maximum atomic E-state index is 11.9. The first-order valence-corrected chi connectivity index (χ1v) is 5.85. The van der Waals surface area contributed by atoms with E-state index in [0.29, 0.717) is 19.4 Å². The van der Waals surface area contributed by atoms with Crippen LogP contribution in [-0.4, -0.2) is 44.7 Å². The summed E-state index contributed by atoms with van der Waals surface area (Å²) in [5, 5.41) is 15.5. The van der Waals surface area contributed by atoms with Crippen molar-refractivity contribution in [3.63, 3.8) is 0 Å². The number of nitrogens with one attached hydrogen (secondary N) is 1. The summed E-state index contributed by atoms with van der Waals surface area (Å²) in [5.41, 5.74) is 1.05. The molecule has 0 saturated heterocycles. The minimum absolute atomic E-state index is 0.115. The van der Waals surface area contributed by atoms with Crippen LogP contribution < -0.4 is 0 Å². The van der Waals surface area contributed by atoms with Gasteiger partial charge in [0.05, 0.1) is 6.20 Å². The summed E-state index contributed by atoms with van der Waals surface area (Å²) in [6.07, 6.45) is 8.60. The normalized spacial score (nSPS) is 18.2. The van der Waals surface area contributed by atoms with Crippen molar-refractivity contribution in [3.8, 4) is 0 Å². The van der Waals surface area contributed by atoms with Crippen molar-refractivity contribution in [2.24, 2.45) is 0 Å². The molecule has 0 spiro atoms. The van der Waals surface area contributed by atoms with Crippen LogP contribution in [0.2, 0.25) is 0 Å². The molecule has 1 unspecified atom stereocenters. The number of hydrogen-bond acceptors (Lipinski definition) is 3. The number of carboxylic acid groups (broad SMARTS) is 1. The molecule has 1 atom stereocenters. The summed E-state index contributed by atoms with van der Waals surface area (Å²) in [6.45, 7) is 0.390. The molecule has 2 N–H and O–H groups in total. The summed E-state index contributed by atoms with van der Waals surface area (Å²) in [5.74, 6) is -1.09. The lowest BCUT2D eigenvalue weighted by Gasteiger charge is -2.21. The van der Waals surface area contributed by atoms with Gasteiger partial charge in [0.25, 0.3) is 0 Å². The summed E-state index contributed by atoms with van der Waals surface area (Å²) in [4.78, 5) is 24.2. The van der Waals surface area contributed by atoms with E-state index in [4.69, 9.17) is 5.11 Å². The Hall–Kier alpha value is -2.11. The van der Waals surface area contributed by atoms with Crippen LogP contribution >= 0.6 is 0 Å². The van der Waals surface area contributed by atoms with Crippen molar-refractivity contribution < 1.29 is 14.7 Å². The topological polar surface area (TPSA) is 86.3 Å². The molecule has 0 saturated carbocycles. The van der Waals surface area contributed by atoms with E-state index in [0.717, 1.165) is 12.0 Å². The number of rotatable bonds is 5. The molecule has 0 radical (unpaired) electrons. The second-order valence-corrected chi connectivity index (χ2v) is 4.22. The fourth-order valence-corrected chi connectivity index (χ4v) is 2.00. The Morgan fingerprint density at radius 2 is 2.39 bits per heavy atom. The Balaban J connectivity index is 1.79. The van der Waals surface area contributed by atoms with E-state index < -0.39 is 12.0 Å². The van der Waals surface area contributed by atoms with Crippen molar-refractivity contribution in [1.29, 1.82) is 0 Å². The van der Waals surface area contributed by atoms with Crippen LogP contribution in [0, 0.1) is 0 Å². The molecule has 6 nitrogen and oxygen atoms in total. The van der Waals surface area contributed by atoms with Crippen LogP contribution in [0.4, 0.5) is 0 Å². The zero-order valence-corrected chi connectivity index (χ0v) is 9.87. The zero-order chi connectivity index (χ0) is 13.0. The predicted molar refractivity (Wildman–Crippen MR) is 63.8 cm³/mol. The molecule has 1 aliphatic heterocycles. The van der Waals surface area contributed by atoms with Gasteiger partial charge in [0.1, 0.15) is 6.04 Å². The highest BCUT2D eigenvalue weighted by molar-refractivity contribution is 5.86. The summed E-state index contributed by atoms with van der Waals surface area (Å²) >= 11 is 0. The Bertz CT molecular complexity index is 453. The second kappa shape index (κ2) is 5.48. The average molecular weight is 249 g/mol. The quantitative estimate of drug-likeness (QED) is 0.747. The van der Waals surface area contributed by atoms with E-state index in [9.17, 15) is 9.59 Å². The molecular weight excluding hydrogens is 234 g/mol. The molecule has 1 amide bonds. The number of carboxylic acids is 1. The van der Waals surface area contributed by atoms with Gasteiger partial charge in [0, 0.05) is 19.2 Å². The molecule has 0 bridgehead atoms. The van der Waals surface area contributed by atoms with Crippen LogP contribution in [0.25, 0.3) is 0 Å². The number of nitrogens with zero attached hydrogens (tertiary/aromatic N) is 2. The molecule has 1 aliphatic rings. The predicted octanol–water partition coefficient (Wildman–Crippen LogP) is 0.584. The van der Waals surface area contributed by atoms with Crippen LogP contribution in [-0.2, 0) is 16.0 Å². The van der Waals surface area contributed by atoms with Gasteiger partial charge in [-0.3, -0.25) is 9.89 Å². The summed E-state index contributed by atoms with van der Waals surface area (Å²) < 4.78 is 0.